The van der Waals surface area contributed by atoms with Gasteiger partial charge in [-0.15, -0.1) is 24.0 Å². The van der Waals surface area contributed by atoms with Gasteiger partial charge in [0.1, 0.15) is 11.5 Å². The molecule has 1 saturated carbocycles. The number of benzene rings is 1. The molecule has 0 atom stereocenters. The zero-order chi connectivity index (χ0) is 15.9. The van der Waals surface area contributed by atoms with Crippen LogP contribution in [0.5, 0.6) is 11.5 Å². The first-order valence-corrected chi connectivity index (χ1v) is 7.35. The van der Waals surface area contributed by atoms with Gasteiger partial charge in [0, 0.05) is 17.7 Å². The molecule has 2 rings (SSSR count). The molecule has 0 aliphatic heterocycles. The molecule has 5 nitrogen and oxygen atoms in total. The standard InChI is InChI=1S/C15H21F2N3O2.HI/c1-2-7-21-12-6-3-10(13(8-12)22-14(16)17)9-19-15(18)20-11-4-5-11;/h3,6,8,11,14H,2,4-5,7,9H2,1H3,(H3,18,19,20);1H. The maximum Gasteiger partial charge on any atom is 0.387 e. The molecule has 130 valence electrons. The number of alkyl halides is 2. The molecule has 0 radical (unpaired) electrons. The van der Waals surface area contributed by atoms with Gasteiger partial charge < -0.3 is 20.5 Å². The molecule has 1 fully saturated rings. The van der Waals surface area contributed by atoms with Gasteiger partial charge >= 0.3 is 6.61 Å². The van der Waals surface area contributed by atoms with Crippen LogP contribution in [0.2, 0.25) is 0 Å². The molecule has 0 bridgehead atoms. The first-order chi connectivity index (χ1) is 10.6. The highest BCUT2D eigenvalue weighted by Gasteiger charge is 2.21. The smallest absolute Gasteiger partial charge is 0.387 e. The third-order valence-electron chi connectivity index (χ3n) is 3.08. The Hall–Kier alpha value is -1.32. The summed E-state index contributed by atoms with van der Waals surface area (Å²) in [7, 11) is 0. The molecule has 8 heteroatoms. The third kappa shape index (κ3) is 7.19. The Morgan fingerprint density at radius 2 is 2.17 bits per heavy atom. The first kappa shape index (κ1) is 19.7. The summed E-state index contributed by atoms with van der Waals surface area (Å²) >= 11 is 0. The van der Waals surface area contributed by atoms with Crippen LogP contribution in [0.25, 0.3) is 0 Å². The van der Waals surface area contributed by atoms with E-state index in [1.165, 1.54) is 6.07 Å². The molecule has 0 spiro atoms. The fourth-order valence-corrected chi connectivity index (χ4v) is 1.83. The van der Waals surface area contributed by atoms with Crippen LogP contribution in [0, 0.1) is 0 Å². The molecule has 0 aromatic heterocycles. The van der Waals surface area contributed by atoms with Crippen molar-refractivity contribution in [1.29, 1.82) is 0 Å². The summed E-state index contributed by atoms with van der Waals surface area (Å²) in [5.41, 5.74) is 6.27. The highest BCUT2D eigenvalue weighted by atomic mass is 127. The Kier molecular flexibility index (Phi) is 8.35. The van der Waals surface area contributed by atoms with Crippen LogP contribution in [-0.4, -0.2) is 25.2 Å². The predicted molar refractivity (Wildman–Crippen MR) is 95.8 cm³/mol. The van der Waals surface area contributed by atoms with Crippen LogP contribution in [0.15, 0.2) is 23.2 Å². The van der Waals surface area contributed by atoms with Crippen LogP contribution in [-0.2, 0) is 6.54 Å². The molecule has 0 unspecified atom stereocenters. The summed E-state index contributed by atoms with van der Waals surface area (Å²) in [6.45, 7) is -0.244. The van der Waals surface area contributed by atoms with E-state index >= 15 is 0 Å². The van der Waals surface area contributed by atoms with E-state index in [1.807, 2.05) is 6.92 Å². The van der Waals surface area contributed by atoms with Crippen LogP contribution in [0.1, 0.15) is 31.7 Å². The third-order valence-corrected chi connectivity index (χ3v) is 3.08. The monoisotopic (exact) mass is 441 g/mol. The van der Waals surface area contributed by atoms with Gasteiger partial charge in [0.05, 0.1) is 13.2 Å². The Morgan fingerprint density at radius 1 is 1.43 bits per heavy atom. The van der Waals surface area contributed by atoms with Crippen molar-refractivity contribution in [2.45, 2.75) is 45.4 Å². The second kappa shape index (κ2) is 9.74. The summed E-state index contributed by atoms with van der Waals surface area (Å²) in [6, 6.07) is 5.22. The number of nitrogens with two attached hydrogens (primary N) is 1. The molecule has 0 heterocycles. The van der Waals surface area contributed by atoms with Crippen LogP contribution in [0.4, 0.5) is 8.78 Å². The van der Waals surface area contributed by atoms with E-state index in [9.17, 15) is 8.78 Å². The lowest BCUT2D eigenvalue weighted by Gasteiger charge is -2.12. The summed E-state index contributed by atoms with van der Waals surface area (Å²) in [5, 5.41) is 3.04. The van der Waals surface area contributed by atoms with Gasteiger partial charge in [-0.1, -0.05) is 6.92 Å². The average molecular weight is 441 g/mol. The van der Waals surface area contributed by atoms with Gasteiger partial charge in [-0.3, -0.25) is 0 Å². The molecular formula is C15H22F2IN3O2. The number of aliphatic imine (C=N–C) groups is 1. The minimum Gasteiger partial charge on any atom is -0.493 e. The molecule has 3 N–H and O–H groups in total. The number of rotatable bonds is 8. The summed E-state index contributed by atoms with van der Waals surface area (Å²) in [5.74, 6) is 0.873. The number of nitrogens with one attached hydrogen (secondary N) is 1. The maximum absolute atomic E-state index is 12.5. The van der Waals surface area contributed by atoms with E-state index in [0.29, 0.717) is 29.9 Å². The summed E-state index contributed by atoms with van der Waals surface area (Å²) in [6.07, 6.45) is 3.00. The molecule has 0 amide bonds. The minimum absolute atomic E-state index is 0. The van der Waals surface area contributed by atoms with Crippen molar-refractivity contribution in [3.8, 4) is 11.5 Å². The Balaban J connectivity index is 0.00000264. The molecule has 1 aromatic carbocycles. The van der Waals surface area contributed by atoms with E-state index in [-0.39, 0.29) is 36.3 Å². The molecular weight excluding hydrogens is 419 g/mol. The lowest BCUT2D eigenvalue weighted by atomic mass is 10.2. The fraction of sp³-hybridized carbons (Fsp3) is 0.533. The van der Waals surface area contributed by atoms with Crippen molar-refractivity contribution >= 4 is 29.9 Å². The SMILES string of the molecule is CCCOc1ccc(CN=C(N)NC2CC2)c(OC(F)F)c1.I. The number of ether oxygens (including phenoxy) is 2. The predicted octanol–water partition coefficient (Wildman–Crippen LogP) is 3.26. The van der Waals surface area contributed by atoms with Crippen molar-refractivity contribution < 1.29 is 18.3 Å². The van der Waals surface area contributed by atoms with Crippen LogP contribution >= 0.6 is 24.0 Å². The van der Waals surface area contributed by atoms with Gasteiger partial charge in [-0.2, -0.15) is 8.78 Å². The lowest BCUT2D eigenvalue weighted by Crippen LogP contribution is -2.33. The maximum atomic E-state index is 12.5. The zero-order valence-corrected chi connectivity index (χ0v) is 15.3. The van der Waals surface area contributed by atoms with E-state index in [1.54, 1.807) is 12.1 Å². The number of nitrogens with zero attached hydrogens (tertiary/aromatic N) is 1. The zero-order valence-electron chi connectivity index (χ0n) is 12.9. The highest BCUT2D eigenvalue weighted by molar-refractivity contribution is 14.0. The molecule has 1 aliphatic carbocycles. The number of guanidine groups is 1. The largest absolute Gasteiger partial charge is 0.493 e. The number of hydrogen-bond acceptors (Lipinski definition) is 3. The van der Waals surface area contributed by atoms with E-state index in [2.05, 4.69) is 15.0 Å². The summed E-state index contributed by atoms with van der Waals surface area (Å²) in [4.78, 5) is 4.15. The van der Waals surface area contributed by atoms with Crippen molar-refractivity contribution in [2.75, 3.05) is 6.61 Å². The van der Waals surface area contributed by atoms with E-state index < -0.39 is 6.61 Å². The molecule has 1 aliphatic rings. The van der Waals surface area contributed by atoms with E-state index in [0.717, 1.165) is 19.3 Å². The van der Waals surface area contributed by atoms with Crippen molar-refractivity contribution in [3.63, 3.8) is 0 Å². The van der Waals surface area contributed by atoms with E-state index in [4.69, 9.17) is 10.5 Å². The average Bonchev–Trinajstić information content (AvgIpc) is 3.27. The second-order valence-electron chi connectivity index (χ2n) is 5.12. The van der Waals surface area contributed by atoms with Crippen molar-refractivity contribution in [1.82, 2.24) is 5.32 Å². The minimum atomic E-state index is -2.90. The van der Waals surface area contributed by atoms with Gasteiger partial charge in [0.15, 0.2) is 5.96 Å². The molecule has 23 heavy (non-hydrogen) atoms. The quantitative estimate of drug-likeness (QED) is 0.369. The fourth-order valence-electron chi connectivity index (χ4n) is 1.83. The van der Waals surface area contributed by atoms with Gasteiger partial charge in [-0.25, -0.2) is 4.99 Å². The number of halogens is 3. The topological polar surface area (TPSA) is 68.9 Å². The Labute approximate surface area is 151 Å². The summed E-state index contributed by atoms with van der Waals surface area (Å²) < 4.78 is 35.0. The molecule has 0 saturated heterocycles. The van der Waals surface area contributed by atoms with Crippen LogP contribution in [0.3, 0.4) is 0 Å². The Bertz CT molecular complexity index is 525. The van der Waals surface area contributed by atoms with Gasteiger partial charge in [0.2, 0.25) is 0 Å². The second-order valence-corrected chi connectivity index (χ2v) is 5.12. The van der Waals surface area contributed by atoms with Crippen molar-refractivity contribution in [2.24, 2.45) is 10.7 Å². The first-order valence-electron chi connectivity index (χ1n) is 7.35. The van der Waals surface area contributed by atoms with Crippen LogP contribution < -0.4 is 20.5 Å². The number of hydrogen-bond donors (Lipinski definition) is 2. The van der Waals surface area contributed by atoms with Gasteiger partial charge in [0.25, 0.3) is 0 Å². The van der Waals surface area contributed by atoms with Crippen molar-refractivity contribution in [3.05, 3.63) is 23.8 Å². The molecule has 1 aromatic rings. The Morgan fingerprint density at radius 3 is 2.78 bits per heavy atom. The highest BCUT2D eigenvalue weighted by Crippen LogP contribution is 2.27. The lowest BCUT2D eigenvalue weighted by molar-refractivity contribution is -0.0505. The van der Waals surface area contributed by atoms with Gasteiger partial charge in [-0.05, 0) is 31.4 Å². The normalized spacial score (nSPS) is 14.3.